The Hall–Kier alpha value is -1.30. The lowest BCUT2D eigenvalue weighted by Gasteiger charge is -2.27. The van der Waals surface area contributed by atoms with Gasteiger partial charge in [0.1, 0.15) is 0 Å². The Morgan fingerprint density at radius 2 is 1.67 bits per heavy atom. The van der Waals surface area contributed by atoms with Gasteiger partial charge in [-0.3, -0.25) is 9.80 Å². The Labute approximate surface area is 131 Å². The number of nitrogens with zero attached hydrogens (tertiary/aromatic N) is 2. The summed E-state index contributed by atoms with van der Waals surface area (Å²) >= 11 is 0. The molecule has 1 aromatic carbocycles. The van der Waals surface area contributed by atoms with Crippen LogP contribution in [0.4, 0.5) is 0 Å². The summed E-state index contributed by atoms with van der Waals surface area (Å²) < 4.78 is 0. The molecule has 0 aromatic heterocycles. The SMILES string of the molecule is CCN(CC)CC#C[C@H](C(C)C)N(C)Cc1ccccc1. The number of benzene rings is 1. The summed E-state index contributed by atoms with van der Waals surface area (Å²) in [5.41, 5.74) is 1.34. The molecule has 0 spiro atoms. The average molecular weight is 286 g/mol. The molecule has 0 amide bonds. The lowest BCUT2D eigenvalue weighted by atomic mass is 10.0. The zero-order valence-electron chi connectivity index (χ0n) is 14.3. The van der Waals surface area contributed by atoms with Gasteiger partial charge in [0.2, 0.25) is 0 Å². The van der Waals surface area contributed by atoms with E-state index in [0.29, 0.717) is 12.0 Å². The zero-order valence-corrected chi connectivity index (χ0v) is 14.3. The highest BCUT2D eigenvalue weighted by Gasteiger charge is 2.16. The molecule has 0 bridgehead atoms. The Morgan fingerprint density at radius 1 is 1.05 bits per heavy atom. The van der Waals surface area contributed by atoms with E-state index < -0.39 is 0 Å². The van der Waals surface area contributed by atoms with Crippen LogP contribution >= 0.6 is 0 Å². The van der Waals surface area contributed by atoms with Crippen LogP contribution in [0.3, 0.4) is 0 Å². The zero-order chi connectivity index (χ0) is 15.7. The monoisotopic (exact) mass is 286 g/mol. The minimum atomic E-state index is 0.306. The highest BCUT2D eigenvalue weighted by atomic mass is 15.1. The van der Waals surface area contributed by atoms with Gasteiger partial charge in [-0.15, -0.1) is 0 Å². The maximum atomic E-state index is 3.47. The molecule has 0 saturated carbocycles. The highest BCUT2D eigenvalue weighted by Crippen LogP contribution is 2.12. The minimum Gasteiger partial charge on any atom is -0.293 e. The molecule has 0 radical (unpaired) electrons. The maximum absolute atomic E-state index is 3.47. The van der Waals surface area contributed by atoms with E-state index in [-0.39, 0.29) is 0 Å². The second kappa shape index (κ2) is 9.60. The summed E-state index contributed by atoms with van der Waals surface area (Å²) in [6.45, 7) is 12.8. The average Bonchev–Trinajstić information content (AvgIpc) is 2.48. The smallest absolute Gasteiger partial charge is 0.0738 e. The molecule has 21 heavy (non-hydrogen) atoms. The molecule has 0 saturated heterocycles. The van der Waals surface area contributed by atoms with Crippen molar-refractivity contribution in [2.45, 2.75) is 40.3 Å². The first-order valence-electron chi connectivity index (χ1n) is 8.03. The van der Waals surface area contributed by atoms with Gasteiger partial charge in [0, 0.05) is 6.54 Å². The van der Waals surface area contributed by atoms with Crippen LogP contribution in [-0.4, -0.2) is 42.5 Å². The van der Waals surface area contributed by atoms with Gasteiger partial charge in [0.25, 0.3) is 0 Å². The van der Waals surface area contributed by atoms with Gasteiger partial charge >= 0.3 is 0 Å². The summed E-state index contributed by atoms with van der Waals surface area (Å²) in [6.07, 6.45) is 0. The summed E-state index contributed by atoms with van der Waals surface area (Å²) in [5, 5.41) is 0. The van der Waals surface area contributed by atoms with E-state index in [4.69, 9.17) is 0 Å². The van der Waals surface area contributed by atoms with Gasteiger partial charge in [0.15, 0.2) is 0 Å². The number of hydrogen-bond donors (Lipinski definition) is 0. The molecular weight excluding hydrogens is 256 g/mol. The van der Waals surface area contributed by atoms with Gasteiger partial charge < -0.3 is 0 Å². The molecule has 0 aliphatic carbocycles. The van der Waals surface area contributed by atoms with Crippen molar-refractivity contribution in [1.29, 1.82) is 0 Å². The molecule has 0 aliphatic rings. The molecule has 2 nitrogen and oxygen atoms in total. The van der Waals surface area contributed by atoms with Crippen LogP contribution in [0.2, 0.25) is 0 Å². The number of rotatable bonds is 7. The van der Waals surface area contributed by atoms with Gasteiger partial charge in [-0.25, -0.2) is 0 Å². The van der Waals surface area contributed by atoms with Crippen LogP contribution in [0.5, 0.6) is 0 Å². The second-order valence-electron chi connectivity index (χ2n) is 5.87. The van der Waals surface area contributed by atoms with Crippen LogP contribution in [0.15, 0.2) is 30.3 Å². The van der Waals surface area contributed by atoms with Crippen LogP contribution in [0.1, 0.15) is 33.3 Å². The van der Waals surface area contributed by atoms with Crippen LogP contribution in [-0.2, 0) is 6.54 Å². The Bertz CT molecular complexity index is 438. The van der Waals surface area contributed by atoms with Crippen molar-refractivity contribution in [1.82, 2.24) is 9.80 Å². The predicted molar refractivity (Wildman–Crippen MR) is 92.1 cm³/mol. The number of hydrogen-bond acceptors (Lipinski definition) is 2. The lowest BCUT2D eigenvalue weighted by molar-refractivity contribution is 0.232. The van der Waals surface area contributed by atoms with Crippen LogP contribution in [0.25, 0.3) is 0 Å². The first kappa shape index (κ1) is 17.8. The summed E-state index contributed by atoms with van der Waals surface area (Å²) in [7, 11) is 2.17. The molecule has 0 fully saturated rings. The molecule has 1 atom stereocenters. The predicted octanol–water partition coefficient (Wildman–Crippen LogP) is 3.49. The van der Waals surface area contributed by atoms with Crippen molar-refractivity contribution in [3.8, 4) is 11.8 Å². The molecule has 1 aromatic rings. The molecule has 0 unspecified atom stereocenters. The van der Waals surface area contributed by atoms with Crippen molar-refractivity contribution in [2.75, 3.05) is 26.7 Å². The fourth-order valence-electron chi connectivity index (χ4n) is 2.46. The van der Waals surface area contributed by atoms with Gasteiger partial charge in [-0.2, -0.15) is 0 Å². The van der Waals surface area contributed by atoms with E-state index in [1.807, 2.05) is 0 Å². The lowest BCUT2D eigenvalue weighted by Crippen LogP contribution is -2.34. The fraction of sp³-hybridized carbons (Fsp3) is 0.579. The molecular formula is C19H30N2. The second-order valence-corrected chi connectivity index (χ2v) is 5.87. The first-order chi connectivity index (χ1) is 10.1. The molecule has 0 N–H and O–H groups in total. The van der Waals surface area contributed by atoms with E-state index in [0.717, 1.165) is 26.2 Å². The van der Waals surface area contributed by atoms with Gasteiger partial charge in [0.05, 0.1) is 12.6 Å². The molecule has 116 valence electrons. The molecule has 0 heterocycles. The fourth-order valence-corrected chi connectivity index (χ4v) is 2.46. The van der Waals surface area contributed by atoms with Crippen LogP contribution < -0.4 is 0 Å². The van der Waals surface area contributed by atoms with Crippen LogP contribution in [0, 0.1) is 17.8 Å². The summed E-state index contributed by atoms with van der Waals surface area (Å²) in [4.78, 5) is 4.71. The topological polar surface area (TPSA) is 6.48 Å². The normalized spacial score (nSPS) is 12.6. The standard InChI is InChI=1S/C19H30N2/c1-6-21(7-2)15-11-14-19(17(3)4)20(5)16-18-12-9-8-10-13-18/h8-10,12-13,17,19H,6-7,15-16H2,1-5H3/t19-/m1/s1. The van der Waals surface area contributed by atoms with E-state index >= 15 is 0 Å². The first-order valence-corrected chi connectivity index (χ1v) is 8.03. The maximum Gasteiger partial charge on any atom is 0.0738 e. The quantitative estimate of drug-likeness (QED) is 0.708. The third kappa shape index (κ3) is 6.33. The Balaban J connectivity index is 2.66. The van der Waals surface area contributed by atoms with Gasteiger partial charge in [-0.1, -0.05) is 69.9 Å². The molecule has 2 heteroatoms. The van der Waals surface area contributed by atoms with E-state index in [1.165, 1.54) is 5.56 Å². The minimum absolute atomic E-state index is 0.306. The van der Waals surface area contributed by atoms with Crippen molar-refractivity contribution < 1.29 is 0 Å². The van der Waals surface area contributed by atoms with Crippen molar-refractivity contribution in [3.63, 3.8) is 0 Å². The van der Waals surface area contributed by atoms with Crippen molar-refractivity contribution >= 4 is 0 Å². The Morgan fingerprint density at radius 3 is 2.19 bits per heavy atom. The van der Waals surface area contributed by atoms with E-state index in [2.05, 4.69) is 86.7 Å². The highest BCUT2D eigenvalue weighted by molar-refractivity contribution is 5.16. The van der Waals surface area contributed by atoms with Crippen molar-refractivity contribution in [2.24, 2.45) is 5.92 Å². The van der Waals surface area contributed by atoms with E-state index in [9.17, 15) is 0 Å². The summed E-state index contributed by atoms with van der Waals surface area (Å²) in [6, 6.07) is 10.9. The van der Waals surface area contributed by atoms with Gasteiger partial charge in [-0.05, 0) is 31.6 Å². The third-order valence-corrected chi connectivity index (χ3v) is 3.83. The largest absolute Gasteiger partial charge is 0.293 e. The molecule has 0 aliphatic heterocycles. The van der Waals surface area contributed by atoms with Crippen molar-refractivity contribution in [3.05, 3.63) is 35.9 Å². The third-order valence-electron chi connectivity index (χ3n) is 3.83. The summed E-state index contributed by atoms with van der Waals surface area (Å²) in [5.74, 6) is 7.37. The van der Waals surface area contributed by atoms with E-state index in [1.54, 1.807) is 0 Å². The molecule has 1 rings (SSSR count). The Kier molecular flexibility index (Phi) is 8.12.